The number of ketones is 2. The summed E-state index contributed by atoms with van der Waals surface area (Å²) in [4.78, 5) is 25.5. The second kappa shape index (κ2) is 9.10. The molecular formula is C28H22FNO5. The minimum absolute atomic E-state index is 0.142. The molecule has 5 rings (SSSR count). The quantitative estimate of drug-likeness (QED) is 0.335. The summed E-state index contributed by atoms with van der Waals surface area (Å²) in [6.45, 7) is 3.88. The van der Waals surface area contributed by atoms with Crippen LogP contribution in [0.4, 0.5) is 4.39 Å². The highest BCUT2D eigenvalue weighted by Gasteiger charge is 2.20. The average Bonchev–Trinajstić information content (AvgIpc) is 3.46. The SMILES string of the molecule is Cc1cc(C(=O)COc2ccc(C(=O)c3ccc(F)cc3)cc2)c(C)n1-c1ccc2c(c1)OCO2. The highest BCUT2D eigenvalue weighted by molar-refractivity contribution is 6.09. The largest absolute Gasteiger partial charge is 0.485 e. The third-order valence-corrected chi connectivity index (χ3v) is 5.94. The second-order valence-corrected chi connectivity index (χ2v) is 8.23. The van der Waals surface area contributed by atoms with Crippen LogP contribution in [0.3, 0.4) is 0 Å². The Morgan fingerprint density at radius 1 is 0.886 bits per heavy atom. The molecule has 1 aliphatic rings. The number of fused-ring (bicyclic) bond motifs is 1. The molecule has 1 aliphatic heterocycles. The molecule has 0 saturated heterocycles. The first-order valence-corrected chi connectivity index (χ1v) is 11.1. The average molecular weight is 471 g/mol. The molecule has 0 N–H and O–H groups in total. The highest BCUT2D eigenvalue weighted by Crippen LogP contribution is 2.35. The van der Waals surface area contributed by atoms with Gasteiger partial charge in [-0.2, -0.15) is 0 Å². The van der Waals surface area contributed by atoms with Crippen molar-refractivity contribution < 1.29 is 28.2 Å². The number of carbonyl (C=O) groups excluding carboxylic acids is 2. The monoisotopic (exact) mass is 471 g/mol. The van der Waals surface area contributed by atoms with Gasteiger partial charge in [-0.3, -0.25) is 9.59 Å². The minimum Gasteiger partial charge on any atom is -0.485 e. The van der Waals surface area contributed by atoms with Gasteiger partial charge in [0.25, 0.3) is 0 Å². The predicted octanol–water partition coefficient (Wildman–Crippen LogP) is 5.45. The van der Waals surface area contributed by atoms with E-state index >= 15 is 0 Å². The van der Waals surface area contributed by atoms with Gasteiger partial charge in [-0.15, -0.1) is 0 Å². The van der Waals surface area contributed by atoms with Gasteiger partial charge in [0, 0.05) is 39.8 Å². The van der Waals surface area contributed by atoms with Gasteiger partial charge in [0.1, 0.15) is 11.6 Å². The predicted molar refractivity (Wildman–Crippen MR) is 127 cm³/mol. The van der Waals surface area contributed by atoms with Crippen LogP contribution in [0.5, 0.6) is 17.2 Å². The number of halogens is 1. The van der Waals surface area contributed by atoms with E-state index in [0.717, 1.165) is 17.1 Å². The van der Waals surface area contributed by atoms with Crippen molar-refractivity contribution in [2.45, 2.75) is 13.8 Å². The van der Waals surface area contributed by atoms with Crippen molar-refractivity contribution in [3.8, 4) is 22.9 Å². The Morgan fingerprint density at radius 2 is 1.54 bits per heavy atom. The molecule has 7 heteroatoms. The maximum atomic E-state index is 13.1. The van der Waals surface area contributed by atoms with Gasteiger partial charge in [0.05, 0.1) is 0 Å². The molecule has 0 spiro atoms. The van der Waals surface area contributed by atoms with Crippen molar-refractivity contribution in [1.82, 2.24) is 4.57 Å². The summed E-state index contributed by atoms with van der Waals surface area (Å²) in [5, 5.41) is 0. The number of carbonyl (C=O) groups is 2. The van der Waals surface area contributed by atoms with Gasteiger partial charge >= 0.3 is 0 Å². The number of hydrogen-bond acceptors (Lipinski definition) is 5. The van der Waals surface area contributed by atoms with Gasteiger partial charge in [0.2, 0.25) is 12.6 Å². The Bertz CT molecular complexity index is 1420. The maximum Gasteiger partial charge on any atom is 0.231 e. The van der Waals surface area contributed by atoms with Crippen molar-refractivity contribution in [2.75, 3.05) is 13.4 Å². The maximum absolute atomic E-state index is 13.1. The van der Waals surface area contributed by atoms with Crippen LogP contribution < -0.4 is 14.2 Å². The number of Topliss-reactive ketones (excluding diaryl/α,β-unsaturated/α-hetero) is 1. The summed E-state index contributed by atoms with van der Waals surface area (Å²) in [6.07, 6.45) is 0. The molecule has 0 amide bonds. The van der Waals surface area contributed by atoms with Crippen molar-refractivity contribution in [3.63, 3.8) is 0 Å². The molecule has 4 aromatic rings. The summed E-state index contributed by atoms with van der Waals surface area (Å²) in [7, 11) is 0. The fraction of sp³-hybridized carbons (Fsp3) is 0.143. The third-order valence-electron chi connectivity index (χ3n) is 5.94. The van der Waals surface area contributed by atoms with Gasteiger partial charge in [0.15, 0.2) is 23.9 Å². The number of hydrogen-bond donors (Lipinski definition) is 0. The van der Waals surface area contributed by atoms with Crippen LogP contribution in [0.1, 0.15) is 37.7 Å². The molecule has 176 valence electrons. The van der Waals surface area contributed by atoms with Crippen molar-refractivity contribution in [3.05, 3.63) is 107 Å². The van der Waals surface area contributed by atoms with Gasteiger partial charge in [-0.1, -0.05) is 0 Å². The first kappa shape index (κ1) is 22.4. The normalized spacial score (nSPS) is 12.0. The van der Waals surface area contributed by atoms with E-state index in [1.54, 1.807) is 24.3 Å². The van der Waals surface area contributed by atoms with E-state index in [9.17, 15) is 14.0 Å². The topological polar surface area (TPSA) is 66.8 Å². The molecule has 0 unspecified atom stereocenters. The summed E-state index contributed by atoms with van der Waals surface area (Å²) < 4.78 is 31.6. The number of ether oxygens (including phenoxy) is 3. The zero-order valence-electron chi connectivity index (χ0n) is 19.2. The molecule has 2 heterocycles. The standard InChI is InChI=1S/C28H22FNO5/c1-17-13-24(18(2)30(17)22-9-12-26-27(14-22)35-16-34-26)25(31)15-33-23-10-5-20(6-11-23)28(32)19-3-7-21(29)8-4-19/h3-14H,15-16H2,1-2H3. The van der Waals surface area contributed by atoms with Crippen LogP contribution in [0.15, 0.2) is 72.8 Å². The molecule has 0 fully saturated rings. The number of nitrogens with zero attached hydrogens (tertiary/aromatic N) is 1. The van der Waals surface area contributed by atoms with Crippen LogP contribution >= 0.6 is 0 Å². The number of aryl methyl sites for hydroxylation is 1. The van der Waals surface area contributed by atoms with Crippen LogP contribution in [-0.4, -0.2) is 29.5 Å². The first-order chi connectivity index (χ1) is 16.9. The number of rotatable bonds is 7. The molecule has 0 radical (unpaired) electrons. The van der Waals surface area contributed by atoms with Crippen LogP contribution in [0.2, 0.25) is 0 Å². The van der Waals surface area contributed by atoms with Crippen LogP contribution in [-0.2, 0) is 0 Å². The summed E-state index contributed by atoms with van der Waals surface area (Å²) in [6, 6.07) is 19.4. The smallest absolute Gasteiger partial charge is 0.231 e. The van der Waals surface area contributed by atoms with E-state index in [2.05, 4.69) is 0 Å². The number of aromatic nitrogens is 1. The van der Waals surface area contributed by atoms with E-state index < -0.39 is 5.82 Å². The zero-order chi connectivity index (χ0) is 24.5. The zero-order valence-corrected chi connectivity index (χ0v) is 19.2. The molecule has 1 aromatic heterocycles. The van der Waals surface area contributed by atoms with E-state index in [1.165, 1.54) is 24.3 Å². The van der Waals surface area contributed by atoms with Crippen LogP contribution in [0.25, 0.3) is 5.69 Å². The van der Waals surface area contributed by atoms with Gasteiger partial charge in [-0.05, 0) is 80.6 Å². The lowest BCUT2D eigenvalue weighted by Crippen LogP contribution is -2.13. The second-order valence-electron chi connectivity index (χ2n) is 8.23. The van der Waals surface area contributed by atoms with Crippen molar-refractivity contribution in [1.29, 1.82) is 0 Å². The van der Waals surface area contributed by atoms with Gasteiger partial charge < -0.3 is 18.8 Å². The molecule has 6 nitrogen and oxygen atoms in total. The van der Waals surface area contributed by atoms with E-state index in [-0.39, 0.29) is 25.0 Å². The lowest BCUT2D eigenvalue weighted by atomic mass is 10.0. The Balaban J connectivity index is 1.27. The van der Waals surface area contributed by atoms with E-state index in [1.807, 2.05) is 42.7 Å². The Morgan fingerprint density at radius 3 is 2.26 bits per heavy atom. The first-order valence-electron chi connectivity index (χ1n) is 11.1. The minimum atomic E-state index is -0.397. The lowest BCUT2D eigenvalue weighted by molar-refractivity contribution is 0.0920. The summed E-state index contributed by atoms with van der Waals surface area (Å²) in [5.74, 6) is 1.07. The summed E-state index contributed by atoms with van der Waals surface area (Å²) in [5.41, 5.74) is 4.01. The molecule has 0 aliphatic carbocycles. The Labute approximate surface area is 201 Å². The Hall–Kier alpha value is -4.39. The highest BCUT2D eigenvalue weighted by atomic mass is 19.1. The molecule has 3 aromatic carbocycles. The molecule has 0 atom stereocenters. The Kier molecular flexibility index (Phi) is 5.82. The molecule has 35 heavy (non-hydrogen) atoms. The lowest BCUT2D eigenvalue weighted by Gasteiger charge is -2.11. The van der Waals surface area contributed by atoms with E-state index in [4.69, 9.17) is 14.2 Å². The number of benzene rings is 3. The van der Waals surface area contributed by atoms with E-state index in [0.29, 0.717) is 33.9 Å². The third kappa shape index (κ3) is 4.40. The fourth-order valence-corrected chi connectivity index (χ4v) is 4.16. The van der Waals surface area contributed by atoms with Crippen molar-refractivity contribution in [2.24, 2.45) is 0 Å². The molecule has 0 saturated carbocycles. The van der Waals surface area contributed by atoms with Crippen molar-refractivity contribution >= 4 is 11.6 Å². The van der Waals surface area contributed by atoms with Crippen LogP contribution in [0, 0.1) is 19.7 Å². The molecular weight excluding hydrogens is 449 g/mol. The summed E-state index contributed by atoms with van der Waals surface area (Å²) >= 11 is 0. The fourth-order valence-electron chi connectivity index (χ4n) is 4.16. The van der Waals surface area contributed by atoms with Gasteiger partial charge in [-0.25, -0.2) is 4.39 Å². The molecule has 0 bridgehead atoms.